The van der Waals surface area contributed by atoms with Crippen molar-refractivity contribution in [2.24, 2.45) is 5.92 Å². The molecule has 0 bridgehead atoms. The molecule has 1 aliphatic carbocycles. The lowest BCUT2D eigenvalue weighted by Gasteiger charge is -2.05. The third kappa shape index (κ3) is 2.68. The Hall–Kier alpha value is -0.740. The lowest BCUT2D eigenvalue weighted by Crippen LogP contribution is -2.07. The number of nitrogen functional groups attached to an aromatic ring is 1. The van der Waals surface area contributed by atoms with Crippen molar-refractivity contribution in [2.75, 3.05) is 11.5 Å². The van der Waals surface area contributed by atoms with E-state index in [0.717, 1.165) is 19.3 Å². The molecule has 1 aliphatic rings. The zero-order valence-corrected chi connectivity index (χ0v) is 10.4. The van der Waals surface area contributed by atoms with Gasteiger partial charge >= 0.3 is 0 Å². The molecule has 0 unspecified atom stereocenters. The highest BCUT2D eigenvalue weighted by Crippen LogP contribution is 2.33. The molecule has 0 radical (unpaired) electrons. The van der Waals surface area contributed by atoms with Crippen molar-refractivity contribution < 1.29 is 8.42 Å². The topological polar surface area (TPSA) is 60.2 Å². The SMILES string of the molecule is Nc1ccc(S(=O)(=O)CCC2CC2)cc1Cl. The minimum Gasteiger partial charge on any atom is -0.398 e. The zero-order chi connectivity index (χ0) is 11.8. The Morgan fingerprint density at radius 2 is 2.06 bits per heavy atom. The third-order valence-corrected chi connectivity index (χ3v) is 4.90. The van der Waals surface area contributed by atoms with E-state index in [1.165, 1.54) is 18.2 Å². The third-order valence-electron chi connectivity index (χ3n) is 2.82. The Morgan fingerprint density at radius 3 is 2.62 bits per heavy atom. The monoisotopic (exact) mass is 259 g/mol. The maximum Gasteiger partial charge on any atom is 0.178 e. The van der Waals surface area contributed by atoms with Crippen molar-refractivity contribution in [1.29, 1.82) is 0 Å². The molecule has 0 aliphatic heterocycles. The van der Waals surface area contributed by atoms with Crippen molar-refractivity contribution in [2.45, 2.75) is 24.2 Å². The first-order valence-corrected chi connectivity index (χ1v) is 7.30. The molecular formula is C11H14ClNO2S. The van der Waals surface area contributed by atoms with Crippen LogP contribution in [0.4, 0.5) is 5.69 Å². The number of hydrogen-bond acceptors (Lipinski definition) is 3. The predicted octanol–water partition coefficient (Wildman–Crippen LogP) is 2.50. The Kier molecular flexibility index (Phi) is 3.13. The van der Waals surface area contributed by atoms with E-state index in [9.17, 15) is 8.42 Å². The van der Waals surface area contributed by atoms with Crippen LogP contribution in [-0.4, -0.2) is 14.2 Å². The predicted molar refractivity (Wildman–Crippen MR) is 65.3 cm³/mol. The Balaban J connectivity index is 2.17. The lowest BCUT2D eigenvalue weighted by atomic mass is 10.3. The van der Waals surface area contributed by atoms with Crippen LogP contribution in [0.25, 0.3) is 0 Å². The van der Waals surface area contributed by atoms with E-state index in [1.807, 2.05) is 0 Å². The smallest absolute Gasteiger partial charge is 0.178 e. The molecule has 1 aromatic carbocycles. The van der Waals surface area contributed by atoms with Gasteiger partial charge in [-0.15, -0.1) is 0 Å². The van der Waals surface area contributed by atoms with Crippen LogP contribution in [0.5, 0.6) is 0 Å². The highest BCUT2D eigenvalue weighted by molar-refractivity contribution is 7.91. The summed E-state index contributed by atoms with van der Waals surface area (Å²) in [5.41, 5.74) is 5.94. The van der Waals surface area contributed by atoms with E-state index >= 15 is 0 Å². The van der Waals surface area contributed by atoms with Gasteiger partial charge in [0.25, 0.3) is 0 Å². The van der Waals surface area contributed by atoms with Crippen LogP contribution in [-0.2, 0) is 9.84 Å². The molecule has 0 saturated heterocycles. The number of benzene rings is 1. The maximum atomic E-state index is 11.9. The average Bonchev–Trinajstić information content (AvgIpc) is 3.03. The largest absolute Gasteiger partial charge is 0.398 e. The van der Waals surface area contributed by atoms with Crippen LogP contribution in [0.3, 0.4) is 0 Å². The van der Waals surface area contributed by atoms with Crippen LogP contribution in [0.2, 0.25) is 5.02 Å². The summed E-state index contributed by atoms with van der Waals surface area (Å²) < 4.78 is 23.9. The molecule has 5 heteroatoms. The molecule has 1 saturated carbocycles. The number of nitrogens with two attached hydrogens (primary N) is 1. The van der Waals surface area contributed by atoms with Gasteiger partial charge in [0.05, 0.1) is 21.4 Å². The first-order valence-electron chi connectivity index (χ1n) is 5.27. The van der Waals surface area contributed by atoms with E-state index < -0.39 is 9.84 Å². The summed E-state index contributed by atoms with van der Waals surface area (Å²) in [6, 6.07) is 4.48. The normalized spacial score (nSPS) is 16.3. The fourth-order valence-corrected chi connectivity index (χ4v) is 3.24. The molecule has 0 atom stereocenters. The molecule has 1 fully saturated rings. The minimum atomic E-state index is -3.19. The van der Waals surface area contributed by atoms with Crippen molar-refractivity contribution >= 4 is 27.1 Å². The second kappa shape index (κ2) is 4.26. The van der Waals surface area contributed by atoms with Crippen LogP contribution in [0.1, 0.15) is 19.3 Å². The Morgan fingerprint density at radius 1 is 1.38 bits per heavy atom. The second-order valence-electron chi connectivity index (χ2n) is 4.23. The number of halogens is 1. The van der Waals surface area contributed by atoms with Crippen LogP contribution in [0.15, 0.2) is 23.1 Å². The van der Waals surface area contributed by atoms with Gasteiger partial charge in [-0.05, 0) is 30.5 Å². The maximum absolute atomic E-state index is 11.9. The van der Waals surface area contributed by atoms with Gasteiger partial charge in [0.2, 0.25) is 0 Å². The first kappa shape index (κ1) is 11.7. The lowest BCUT2D eigenvalue weighted by molar-refractivity contribution is 0.590. The van der Waals surface area contributed by atoms with Crippen molar-refractivity contribution in [3.8, 4) is 0 Å². The quantitative estimate of drug-likeness (QED) is 0.845. The number of sulfone groups is 1. The minimum absolute atomic E-state index is 0.206. The van der Waals surface area contributed by atoms with Gasteiger partial charge in [-0.2, -0.15) is 0 Å². The summed E-state index contributed by atoms with van der Waals surface area (Å²) in [6.45, 7) is 0. The average molecular weight is 260 g/mol. The Bertz CT molecular complexity index is 495. The van der Waals surface area contributed by atoms with E-state index in [0.29, 0.717) is 16.6 Å². The van der Waals surface area contributed by atoms with E-state index in [-0.39, 0.29) is 10.6 Å². The Labute approximate surface area is 101 Å². The van der Waals surface area contributed by atoms with Crippen molar-refractivity contribution in [1.82, 2.24) is 0 Å². The molecule has 16 heavy (non-hydrogen) atoms. The molecule has 0 heterocycles. The van der Waals surface area contributed by atoms with Crippen LogP contribution < -0.4 is 5.73 Å². The molecule has 2 N–H and O–H groups in total. The van der Waals surface area contributed by atoms with E-state index in [4.69, 9.17) is 17.3 Å². The van der Waals surface area contributed by atoms with Gasteiger partial charge in [-0.1, -0.05) is 24.4 Å². The summed E-state index contributed by atoms with van der Waals surface area (Å²) in [6.07, 6.45) is 3.08. The number of rotatable bonds is 4. The summed E-state index contributed by atoms with van der Waals surface area (Å²) in [7, 11) is -3.19. The van der Waals surface area contributed by atoms with Crippen molar-refractivity contribution in [3.63, 3.8) is 0 Å². The fourth-order valence-electron chi connectivity index (χ4n) is 1.55. The molecular weight excluding hydrogens is 246 g/mol. The molecule has 1 aromatic rings. The summed E-state index contributed by atoms with van der Waals surface area (Å²) >= 11 is 5.81. The highest BCUT2D eigenvalue weighted by atomic mass is 35.5. The molecule has 88 valence electrons. The van der Waals surface area contributed by atoms with E-state index in [2.05, 4.69) is 0 Å². The summed E-state index contributed by atoms with van der Waals surface area (Å²) in [4.78, 5) is 0.271. The van der Waals surface area contributed by atoms with Gasteiger partial charge < -0.3 is 5.73 Å². The van der Waals surface area contributed by atoms with Crippen LogP contribution >= 0.6 is 11.6 Å². The van der Waals surface area contributed by atoms with Crippen molar-refractivity contribution in [3.05, 3.63) is 23.2 Å². The van der Waals surface area contributed by atoms with Gasteiger partial charge in [0.1, 0.15) is 0 Å². The second-order valence-corrected chi connectivity index (χ2v) is 6.75. The molecule has 0 amide bonds. The standard InChI is InChI=1S/C11H14ClNO2S/c12-10-7-9(3-4-11(10)13)16(14,15)6-5-8-1-2-8/h3-4,7-8H,1-2,5-6,13H2. The zero-order valence-electron chi connectivity index (χ0n) is 8.82. The molecule has 2 rings (SSSR count). The first-order chi connectivity index (χ1) is 7.49. The van der Waals surface area contributed by atoms with Gasteiger partial charge in [-0.3, -0.25) is 0 Å². The summed E-state index contributed by atoms with van der Waals surface area (Å²) in [5.74, 6) is 0.816. The molecule has 0 spiro atoms. The van der Waals surface area contributed by atoms with Crippen LogP contribution in [0, 0.1) is 5.92 Å². The molecule has 3 nitrogen and oxygen atoms in total. The number of hydrogen-bond donors (Lipinski definition) is 1. The fraction of sp³-hybridized carbons (Fsp3) is 0.455. The highest BCUT2D eigenvalue weighted by Gasteiger charge is 2.25. The van der Waals surface area contributed by atoms with Gasteiger partial charge in [-0.25, -0.2) is 8.42 Å². The van der Waals surface area contributed by atoms with Gasteiger partial charge in [0, 0.05) is 0 Å². The van der Waals surface area contributed by atoms with E-state index in [1.54, 1.807) is 0 Å². The van der Waals surface area contributed by atoms with Gasteiger partial charge in [0.15, 0.2) is 9.84 Å². The number of anilines is 1. The summed E-state index contributed by atoms with van der Waals surface area (Å²) in [5, 5.41) is 0.299. The molecule has 0 aromatic heterocycles.